The second-order valence-electron chi connectivity index (χ2n) is 4.52. The lowest BCUT2D eigenvalue weighted by Gasteiger charge is -2.03. The standard InChI is InChI=1S/C13H19NO/c15-13-10-14-12-9-7-5-3-1-2-4-6-8-11(12)13/h10H,1-9H2. The van der Waals surface area contributed by atoms with Crippen molar-refractivity contribution in [2.75, 3.05) is 0 Å². The van der Waals surface area contributed by atoms with Gasteiger partial charge in [-0.2, -0.15) is 0 Å². The Morgan fingerprint density at radius 1 is 0.867 bits per heavy atom. The first-order valence-corrected chi connectivity index (χ1v) is 6.18. The summed E-state index contributed by atoms with van der Waals surface area (Å²) < 4.78 is 0. The SMILES string of the molecule is O=C1C=NC2=C1CCCCCCCCC2. The Hall–Kier alpha value is -0.920. The number of carbonyl (C=O) groups excluding carboxylic acids is 1. The lowest BCUT2D eigenvalue weighted by molar-refractivity contribution is -0.109. The minimum absolute atomic E-state index is 0.171. The second-order valence-corrected chi connectivity index (χ2v) is 4.52. The van der Waals surface area contributed by atoms with E-state index < -0.39 is 0 Å². The van der Waals surface area contributed by atoms with Crippen molar-refractivity contribution in [3.63, 3.8) is 0 Å². The molecule has 1 heterocycles. The van der Waals surface area contributed by atoms with Crippen molar-refractivity contribution in [3.05, 3.63) is 11.3 Å². The number of nitrogens with zero attached hydrogens (tertiary/aromatic N) is 1. The van der Waals surface area contributed by atoms with Crippen molar-refractivity contribution < 1.29 is 4.79 Å². The van der Waals surface area contributed by atoms with Crippen LogP contribution >= 0.6 is 0 Å². The van der Waals surface area contributed by atoms with E-state index in [0.29, 0.717) is 0 Å². The molecule has 0 radical (unpaired) electrons. The number of carbonyl (C=O) groups is 1. The fourth-order valence-electron chi connectivity index (χ4n) is 2.40. The average molecular weight is 205 g/mol. The maximum absolute atomic E-state index is 11.6. The van der Waals surface area contributed by atoms with Crippen LogP contribution in [0.5, 0.6) is 0 Å². The number of Topliss-reactive ketones (excluding diaryl/α,β-unsaturated/α-hetero) is 1. The summed E-state index contributed by atoms with van der Waals surface area (Å²) >= 11 is 0. The molecule has 15 heavy (non-hydrogen) atoms. The van der Waals surface area contributed by atoms with E-state index in [-0.39, 0.29) is 5.78 Å². The fourth-order valence-corrected chi connectivity index (χ4v) is 2.40. The van der Waals surface area contributed by atoms with E-state index in [4.69, 9.17) is 0 Å². The Balaban J connectivity index is 2.02. The molecule has 2 rings (SSSR count). The zero-order chi connectivity index (χ0) is 10.5. The molecule has 2 nitrogen and oxygen atoms in total. The summed E-state index contributed by atoms with van der Waals surface area (Å²) in [5, 5.41) is 0. The third kappa shape index (κ3) is 2.77. The van der Waals surface area contributed by atoms with E-state index in [9.17, 15) is 4.79 Å². The number of hydrogen-bond acceptors (Lipinski definition) is 2. The van der Waals surface area contributed by atoms with Crippen molar-refractivity contribution in [1.82, 2.24) is 0 Å². The summed E-state index contributed by atoms with van der Waals surface area (Å²) in [4.78, 5) is 15.8. The van der Waals surface area contributed by atoms with Crippen LogP contribution in [0.2, 0.25) is 0 Å². The van der Waals surface area contributed by atoms with E-state index >= 15 is 0 Å². The summed E-state index contributed by atoms with van der Waals surface area (Å²) in [5.41, 5.74) is 2.10. The molecule has 0 fully saturated rings. The van der Waals surface area contributed by atoms with Gasteiger partial charge in [-0.25, -0.2) is 0 Å². The van der Waals surface area contributed by atoms with Gasteiger partial charge in [-0.15, -0.1) is 0 Å². The molecule has 0 unspecified atom stereocenters. The van der Waals surface area contributed by atoms with Gasteiger partial charge in [0, 0.05) is 11.3 Å². The largest absolute Gasteiger partial charge is 0.288 e. The molecule has 0 N–H and O–H groups in total. The molecule has 1 aliphatic heterocycles. The first kappa shape index (κ1) is 10.6. The van der Waals surface area contributed by atoms with Crippen molar-refractivity contribution in [2.45, 2.75) is 57.8 Å². The van der Waals surface area contributed by atoms with Gasteiger partial charge in [0.25, 0.3) is 0 Å². The quantitative estimate of drug-likeness (QED) is 0.595. The van der Waals surface area contributed by atoms with Crippen molar-refractivity contribution in [1.29, 1.82) is 0 Å². The summed E-state index contributed by atoms with van der Waals surface area (Å²) in [7, 11) is 0. The molecular formula is C13H19NO. The van der Waals surface area contributed by atoms with Crippen LogP contribution in [-0.2, 0) is 4.79 Å². The van der Waals surface area contributed by atoms with Crippen molar-refractivity contribution >= 4 is 12.0 Å². The molecule has 82 valence electrons. The van der Waals surface area contributed by atoms with Crippen LogP contribution in [0.1, 0.15) is 57.8 Å². The highest BCUT2D eigenvalue weighted by molar-refractivity contribution is 6.37. The zero-order valence-corrected chi connectivity index (χ0v) is 9.30. The molecule has 0 aromatic carbocycles. The third-order valence-corrected chi connectivity index (χ3v) is 3.32. The molecular weight excluding hydrogens is 186 g/mol. The van der Waals surface area contributed by atoms with Gasteiger partial charge < -0.3 is 0 Å². The summed E-state index contributed by atoms with van der Waals surface area (Å²) in [6.45, 7) is 0. The Kier molecular flexibility index (Phi) is 3.70. The minimum Gasteiger partial charge on any atom is -0.288 e. The van der Waals surface area contributed by atoms with Crippen LogP contribution in [0.4, 0.5) is 0 Å². The van der Waals surface area contributed by atoms with Crippen LogP contribution in [0.15, 0.2) is 16.3 Å². The normalized spacial score (nSPS) is 23.9. The smallest absolute Gasteiger partial charge is 0.201 e. The lowest BCUT2D eigenvalue weighted by Crippen LogP contribution is -2.00. The molecule has 0 saturated heterocycles. The topological polar surface area (TPSA) is 29.4 Å². The average Bonchev–Trinajstić information content (AvgIpc) is 2.56. The number of ketones is 1. The van der Waals surface area contributed by atoms with E-state index in [1.807, 2.05) is 0 Å². The molecule has 0 amide bonds. The van der Waals surface area contributed by atoms with E-state index in [2.05, 4.69) is 4.99 Å². The van der Waals surface area contributed by atoms with Gasteiger partial charge in [0.1, 0.15) is 0 Å². The van der Waals surface area contributed by atoms with Crippen LogP contribution in [0.25, 0.3) is 0 Å². The minimum atomic E-state index is 0.171. The van der Waals surface area contributed by atoms with Gasteiger partial charge >= 0.3 is 0 Å². The van der Waals surface area contributed by atoms with Gasteiger partial charge in [0.15, 0.2) is 0 Å². The third-order valence-electron chi connectivity index (χ3n) is 3.32. The maximum atomic E-state index is 11.6. The van der Waals surface area contributed by atoms with Gasteiger partial charge in [-0.3, -0.25) is 9.79 Å². The zero-order valence-electron chi connectivity index (χ0n) is 9.30. The van der Waals surface area contributed by atoms with Crippen LogP contribution in [0.3, 0.4) is 0 Å². The van der Waals surface area contributed by atoms with Crippen LogP contribution in [0, 0.1) is 0 Å². The Morgan fingerprint density at radius 2 is 1.47 bits per heavy atom. The first-order valence-electron chi connectivity index (χ1n) is 6.18. The molecule has 0 bridgehead atoms. The number of aliphatic imine (C=N–C) groups is 1. The predicted octanol–water partition coefficient (Wildman–Crippen LogP) is 3.42. The first-order chi connectivity index (χ1) is 7.38. The molecule has 0 saturated carbocycles. The van der Waals surface area contributed by atoms with Gasteiger partial charge in [0.05, 0.1) is 6.21 Å². The highest BCUT2D eigenvalue weighted by atomic mass is 16.1. The molecule has 2 heteroatoms. The maximum Gasteiger partial charge on any atom is 0.201 e. The van der Waals surface area contributed by atoms with Crippen molar-refractivity contribution in [3.8, 4) is 0 Å². The number of allylic oxidation sites excluding steroid dienone is 2. The Bertz CT molecular complexity index is 290. The molecule has 1 aliphatic carbocycles. The summed E-state index contributed by atoms with van der Waals surface area (Å²) in [5.74, 6) is 0.171. The Labute approximate surface area is 91.5 Å². The highest BCUT2D eigenvalue weighted by Gasteiger charge is 2.18. The van der Waals surface area contributed by atoms with E-state index in [1.54, 1.807) is 0 Å². The van der Waals surface area contributed by atoms with Gasteiger partial charge in [0.2, 0.25) is 5.78 Å². The summed E-state index contributed by atoms with van der Waals surface area (Å²) in [6.07, 6.45) is 12.4. The van der Waals surface area contributed by atoms with Crippen molar-refractivity contribution in [2.24, 2.45) is 4.99 Å². The van der Waals surface area contributed by atoms with E-state index in [1.165, 1.54) is 44.7 Å². The van der Waals surface area contributed by atoms with Crippen LogP contribution in [-0.4, -0.2) is 12.0 Å². The predicted molar refractivity (Wildman–Crippen MR) is 62.1 cm³/mol. The molecule has 2 aliphatic rings. The highest BCUT2D eigenvalue weighted by Crippen LogP contribution is 2.25. The second kappa shape index (κ2) is 5.24. The molecule has 0 spiro atoms. The molecule has 0 aromatic rings. The monoisotopic (exact) mass is 205 g/mol. The fraction of sp³-hybridized carbons (Fsp3) is 0.692. The van der Waals surface area contributed by atoms with Crippen LogP contribution < -0.4 is 0 Å². The van der Waals surface area contributed by atoms with Gasteiger partial charge in [-0.1, -0.05) is 32.1 Å². The molecule has 0 aromatic heterocycles. The number of hydrogen-bond donors (Lipinski definition) is 0. The molecule has 0 atom stereocenters. The number of rotatable bonds is 0. The Morgan fingerprint density at radius 3 is 2.20 bits per heavy atom. The van der Waals surface area contributed by atoms with E-state index in [0.717, 1.165) is 30.5 Å². The summed E-state index contributed by atoms with van der Waals surface area (Å²) in [6, 6.07) is 0. The van der Waals surface area contributed by atoms with Gasteiger partial charge in [-0.05, 0) is 25.7 Å². The lowest BCUT2D eigenvalue weighted by atomic mass is 10.0.